The fraction of sp³-hybridized carbons (Fsp3) is 0.450. The molecule has 6 nitrogen and oxygen atoms in total. The van der Waals surface area contributed by atoms with Crippen LogP contribution in [0, 0.1) is 0 Å². The number of aryl methyl sites for hydroxylation is 2. The Morgan fingerprint density at radius 3 is 2.33 bits per heavy atom. The second kappa shape index (κ2) is 6.12. The summed E-state index contributed by atoms with van der Waals surface area (Å²) >= 11 is 0. The zero-order valence-corrected chi connectivity index (χ0v) is 15.9. The van der Waals surface area contributed by atoms with Gasteiger partial charge in [0.15, 0.2) is 0 Å². The van der Waals surface area contributed by atoms with E-state index in [4.69, 9.17) is 0 Å². The number of amides is 2. The molecular formula is C20H23N3O3S. The van der Waals surface area contributed by atoms with Crippen molar-refractivity contribution in [1.29, 1.82) is 0 Å². The average molecular weight is 385 g/mol. The quantitative estimate of drug-likeness (QED) is 0.848. The predicted octanol–water partition coefficient (Wildman–Crippen LogP) is 3.26. The standard InChI is InChI=1S/C20H23N3O3S/c24-20(22-27(25,26)23-10-9-16(12-23)13-7-8-13)21-19-17-5-1-3-14(17)11-15-4-2-6-18(15)19/h9-13H,1-8H2,(H2,21,22,24). The summed E-state index contributed by atoms with van der Waals surface area (Å²) in [6.07, 6.45) is 11.4. The Morgan fingerprint density at radius 2 is 1.70 bits per heavy atom. The van der Waals surface area contributed by atoms with Gasteiger partial charge in [0.25, 0.3) is 0 Å². The molecule has 0 atom stereocenters. The SMILES string of the molecule is O=C(Nc1c2c(cc3c1CCC3)CCC2)NS(=O)(=O)n1ccc(C2CC2)c1. The van der Waals surface area contributed by atoms with Crippen LogP contribution in [0.15, 0.2) is 24.5 Å². The Balaban J connectivity index is 1.38. The first kappa shape index (κ1) is 16.9. The molecule has 1 fully saturated rings. The van der Waals surface area contributed by atoms with Crippen LogP contribution in [0.2, 0.25) is 0 Å². The van der Waals surface area contributed by atoms with Crippen molar-refractivity contribution >= 4 is 21.9 Å². The summed E-state index contributed by atoms with van der Waals surface area (Å²) in [5, 5.41) is 2.87. The number of hydrogen-bond donors (Lipinski definition) is 2. The number of hydrogen-bond acceptors (Lipinski definition) is 3. The molecule has 0 bridgehead atoms. The van der Waals surface area contributed by atoms with Crippen LogP contribution in [0.3, 0.4) is 0 Å². The van der Waals surface area contributed by atoms with Crippen molar-refractivity contribution < 1.29 is 13.2 Å². The van der Waals surface area contributed by atoms with Crippen molar-refractivity contribution in [2.24, 2.45) is 0 Å². The maximum absolute atomic E-state index is 12.5. The summed E-state index contributed by atoms with van der Waals surface area (Å²) in [4.78, 5) is 12.5. The summed E-state index contributed by atoms with van der Waals surface area (Å²) in [6.45, 7) is 0. The van der Waals surface area contributed by atoms with Crippen LogP contribution in [0.1, 0.15) is 59.4 Å². The average Bonchev–Trinajstić information content (AvgIpc) is 3.05. The zero-order chi connectivity index (χ0) is 18.6. The number of nitrogens with one attached hydrogen (secondary N) is 2. The highest BCUT2D eigenvalue weighted by Gasteiger charge is 2.28. The van der Waals surface area contributed by atoms with Crippen LogP contribution in [0.25, 0.3) is 0 Å². The number of aromatic nitrogens is 1. The van der Waals surface area contributed by atoms with E-state index in [0.29, 0.717) is 5.92 Å². The summed E-state index contributed by atoms with van der Waals surface area (Å²) in [5.41, 5.74) is 6.82. The Labute approximate surface area is 159 Å². The van der Waals surface area contributed by atoms with Crippen molar-refractivity contribution in [2.45, 2.75) is 57.3 Å². The molecule has 7 heteroatoms. The molecule has 1 aromatic heterocycles. The molecule has 1 aromatic carbocycles. The first-order valence-electron chi connectivity index (χ1n) is 9.70. The number of carbonyl (C=O) groups excluding carboxylic acids is 1. The highest BCUT2D eigenvalue weighted by atomic mass is 32.2. The van der Waals surface area contributed by atoms with Crippen molar-refractivity contribution in [3.8, 4) is 0 Å². The van der Waals surface area contributed by atoms with Gasteiger partial charge in [0.05, 0.1) is 0 Å². The molecule has 0 aliphatic heterocycles. The first-order valence-corrected chi connectivity index (χ1v) is 11.1. The van der Waals surface area contributed by atoms with Crippen LogP contribution in [0.5, 0.6) is 0 Å². The van der Waals surface area contributed by atoms with E-state index in [9.17, 15) is 13.2 Å². The van der Waals surface area contributed by atoms with Gasteiger partial charge < -0.3 is 5.32 Å². The number of anilines is 1. The van der Waals surface area contributed by atoms with Crippen molar-refractivity contribution in [3.05, 3.63) is 52.3 Å². The predicted molar refractivity (Wildman–Crippen MR) is 103 cm³/mol. The Bertz CT molecular complexity index is 1000. The summed E-state index contributed by atoms with van der Waals surface area (Å²) in [5.74, 6) is 0.463. The lowest BCUT2D eigenvalue weighted by atomic mass is 9.99. The number of nitrogens with zero attached hydrogens (tertiary/aromatic N) is 1. The van der Waals surface area contributed by atoms with Gasteiger partial charge in [-0.1, -0.05) is 6.07 Å². The van der Waals surface area contributed by atoms with Crippen molar-refractivity contribution in [3.63, 3.8) is 0 Å². The second-order valence-corrected chi connectivity index (χ2v) is 9.42. The van der Waals surface area contributed by atoms with Gasteiger partial charge in [-0.25, -0.2) is 13.5 Å². The minimum Gasteiger partial charge on any atom is -0.307 e. The van der Waals surface area contributed by atoms with Crippen LogP contribution >= 0.6 is 0 Å². The summed E-state index contributed by atoms with van der Waals surface area (Å²) in [6, 6.07) is 3.40. The largest absolute Gasteiger partial charge is 0.334 e. The van der Waals surface area contributed by atoms with E-state index in [0.717, 1.165) is 66.6 Å². The molecule has 3 aliphatic carbocycles. The number of carbonyl (C=O) groups is 1. The maximum Gasteiger partial charge on any atom is 0.334 e. The molecule has 27 heavy (non-hydrogen) atoms. The van der Waals surface area contributed by atoms with Crippen LogP contribution < -0.4 is 10.0 Å². The second-order valence-electron chi connectivity index (χ2n) is 7.84. The third-order valence-corrected chi connectivity index (χ3v) is 7.18. The molecule has 142 valence electrons. The van der Waals surface area contributed by atoms with E-state index in [-0.39, 0.29) is 0 Å². The normalized spacial score (nSPS) is 18.2. The number of fused-ring (bicyclic) bond motifs is 2. The topological polar surface area (TPSA) is 80.2 Å². The minimum atomic E-state index is -3.94. The third kappa shape index (κ3) is 3.04. The first-order chi connectivity index (χ1) is 13.0. The lowest BCUT2D eigenvalue weighted by molar-refractivity contribution is 0.256. The van der Waals surface area contributed by atoms with Gasteiger partial charge in [-0.15, -0.1) is 0 Å². The fourth-order valence-corrected chi connectivity index (χ4v) is 5.35. The van der Waals surface area contributed by atoms with Gasteiger partial charge in [-0.05, 0) is 91.2 Å². The maximum atomic E-state index is 12.5. The van der Waals surface area contributed by atoms with E-state index >= 15 is 0 Å². The van der Waals surface area contributed by atoms with E-state index in [1.54, 1.807) is 6.20 Å². The Kier molecular flexibility index (Phi) is 3.82. The van der Waals surface area contributed by atoms with Gasteiger partial charge >= 0.3 is 16.2 Å². The minimum absolute atomic E-state index is 0.463. The molecule has 2 aromatic rings. The van der Waals surface area contributed by atoms with Crippen molar-refractivity contribution in [2.75, 3.05) is 5.32 Å². The smallest absolute Gasteiger partial charge is 0.307 e. The highest BCUT2D eigenvalue weighted by Crippen LogP contribution is 2.40. The molecule has 5 rings (SSSR count). The molecule has 1 saturated carbocycles. The van der Waals surface area contributed by atoms with Crippen LogP contribution in [0.4, 0.5) is 10.5 Å². The molecule has 0 unspecified atom stereocenters. The molecule has 0 saturated heterocycles. The molecule has 1 heterocycles. The fourth-order valence-electron chi connectivity index (χ4n) is 4.48. The van der Waals surface area contributed by atoms with E-state index in [1.165, 1.54) is 28.5 Å². The molecule has 3 aliphatic rings. The van der Waals surface area contributed by atoms with E-state index in [1.807, 2.05) is 6.07 Å². The molecule has 2 amide bonds. The van der Waals surface area contributed by atoms with Crippen LogP contribution in [-0.4, -0.2) is 18.4 Å². The lowest BCUT2D eigenvalue weighted by Gasteiger charge is -2.16. The lowest BCUT2D eigenvalue weighted by Crippen LogP contribution is -2.38. The van der Waals surface area contributed by atoms with Crippen LogP contribution in [-0.2, 0) is 35.9 Å². The number of benzene rings is 1. The zero-order valence-electron chi connectivity index (χ0n) is 15.1. The molecule has 0 spiro atoms. The molecular weight excluding hydrogens is 362 g/mol. The summed E-state index contributed by atoms with van der Waals surface area (Å²) in [7, 11) is -3.94. The van der Waals surface area contributed by atoms with Gasteiger partial charge in [0, 0.05) is 18.1 Å². The van der Waals surface area contributed by atoms with Gasteiger partial charge in [-0.3, -0.25) is 0 Å². The van der Waals surface area contributed by atoms with Gasteiger partial charge in [-0.2, -0.15) is 8.42 Å². The Hall–Kier alpha value is -2.28. The Morgan fingerprint density at radius 1 is 1.04 bits per heavy atom. The highest BCUT2D eigenvalue weighted by molar-refractivity contribution is 7.88. The molecule has 2 N–H and O–H groups in total. The van der Waals surface area contributed by atoms with Crippen molar-refractivity contribution in [1.82, 2.24) is 8.69 Å². The van der Waals surface area contributed by atoms with Gasteiger partial charge in [0.2, 0.25) is 0 Å². The van der Waals surface area contributed by atoms with Gasteiger partial charge in [0.1, 0.15) is 0 Å². The monoisotopic (exact) mass is 385 g/mol. The number of rotatable bonds is 4. The van der Waals surface area contributed by atoms with E-state index in [2.05, 4.69) is 16.1 Å². The summed E-state index contributed by atoms with van der Waals surface area (Å²) < 4.78 is 28.4. The number of urea groups is 1. The molecule has 0 radical (unpaired) electrons. The third-order valence-electron chi connectivity index (χ3n) is 5.95. The van der Waals surface area contributed by atoms with E-state index < -0.39 is 16.2 Å².